The summed E-state index contributed by atoms with van der Waals surface area (Å²) in [6.45, 7) is 3.39. The van der Waals surface area contributed by atoms with Crippen molar-refractivity contribution in [3.8, 4) is 0 Å². The van der Waals surface area contributed by atoms with Crippen LogP contribution in [-0.2, 0) is 16.1 Å². The molecule has 1 aromatic rings. The Bertz CT molecular complexity index is 468. The van der Waals surface area contributed by atoms with E-state index in [1.165, 1.54) is 0 Å². The summed E-state index contributed by atoms with van der Waals surface area (Å²) >= 11 is 0. The van der Waals surface area contributed by atoms with Gasteiger partial charge in [-0.1, -0.05) is 37.3 Å². The number of amides is 2. The molecule has 1 aliphatic heterocycles. The molecule has 1 heterocycles. The molecule has 0 aromatic heterocycles. The topological polar surface area (TPSA) is 58.6 Å². The van der Waals surface area contributed by atoms with Crippen molar-refractivity contribution < 1.29 is 14.3 Å². The van der Waals surface area contributed by atoms with Gasteiger partial charge in [0, 0.05) is 25.6 Å². The van der Waals surface area contributed by atoms with Crippen molar-refractivity contribution in [2.45, 2.75) is 38.8 Å². The molecule has 0 atom stereocenters. The Morgan fingerprint density at radius 3 is 2.52 bits per heavy atom. The number of likely N-dealkylation sites (tertiary alicyclic amines) is 1. The number of rotatable bonds is 4. The first-order valence-corrected chi connectivity index (χ1v) is 7.44. The summed E-state index contributed by atoms with van der Waals surface area (Å²) in [5, 5.41) is 2.97. The van der Waals surface area contributed by atoms with E-state index in [0.717, 1.165) is 18.4 Å². The average Bonchev–Trinajstić information content (AvgIpc) is 2.54. The van der Waals surface area contributed by atoms with Crippen molar-refractivity contribution in [2.24, 2.45) is 0 Å². The van der Waals surface area contributed by atoms with Gasteiger partial charge in [0.2, 0.25) is 5.91 Å². The van der Waals surface area contributed by atoms with Crippen LogP contribution in [-0.4, -0.2) is 36.0 Å². The van der Waals surface area contributed by atoms with Gasteiger partial charge in [-0.25, -0.2) is 4.79 Å². The van der Waals surface area contributed by atoms with Crippen LogP contribution in [0.15, 0.2) is 30.3 Å². The SMILES string of the molecule is CCC(=O)NC1CCN(C(=O)OCc2ccccc2)CC1. The lowest BCUT2D eigenvalue weighted by Crippen LogP contribution is -2.46. The molecule has 1 fully saturated rings. The standard InChI is InChI=1S/C16H22N2O3/c1-2-15(19)17-14-8-10-18(11-9-14)16(20)21-12-13-6-4-3-5-7-13/h3-7,14H,2,8-12H2,1H3,(H,17,19). The molecule has 0 spiro atoms. The fourth-order valence-electron chi connectivity index (χ4n) is 2.35. The molecule has 5 heteroatoms. The minimum absolute atomic E-state index is 0.0695. The number of hydrogen-bond donors (Lipinski definition) is 1. The Morgan fingerprint density at radius 1 is 1.24 bits per heavy atom. The van der Waals surface area contributed by atoms with Crippen LogP contribution in [0, 0.1) is 0 Å². The predicted octanol–water partition coefficient (Wildman–Crippen LogP) is 2.31. The number of benzene rings is 1. The first-order chi connectivity index (χ1) is 10.2. The van der Waals surface area contributed by atoms with Crippen LogP contribution in [0.5, 0.6) is 0 Å². The van der Waals surface area contributed by atoms with Gasteiger partial charge in [-0.15, -0.1) is 0 Å². The average molecular weight is 290 g/mol. The summed E-state index contributed by atoms with van der Waals surface area (Å²) in [7, 11) is 0. The smallest absolute Gasteiger partial charge is 0.410 e. The molecule has 0 bridgehead atoms. The lowest BCUT2D eigenvalue weighted by atomic mass is 10.1. The molecule has 0 unspecified atom stereocenters. The maximum absolute atomic E-state index is 12.0. The third-order valence-electron chi connectivity index (χ3n) is 3.64. The highest BCUT2D eigenvalue weighted by Crippen LogP contribution is 2.12. The largest absolute Gasteiger partial charge is 0.445 e. The lowest BCUT2D eigenvalue weighted by molar-refractivity contribution is -0.121. The Kier molecular flexibility index (Phi) is 5.60. The Balaban J connectivity index is 1.72. The monoisotopic (exact) mass is 290 g/mol. The van der Waals surface area contributed by atoms with Crippen LogP contribution < -0.4 is 5.32 Å². The second kappa shape index (κ2) is 7.67. The number of hydrogen-bond acceptors (Lipinski definition) is 3. The van der Waals surface area contributed by atoms with Crippen molar-refractivity contribution in [1.82, 2.24) is 10.2 Å². The summed E-state index contributed by atoms with van der Waals surface area (Å²) < 4.78 is 5.30. The molecule has 1 N–H and O–H groups in total. The molecule has 0 saturated carbocycles. The maximum atomic E-state index is 12.0. The van der Waals surface area contributed by atoms with Gasteiger partial charge < -0.3 is 15.0 Å². The number of nitrogens with one attached hydrogen (secondary N) is 1. The second-order valence-corrected chi connectivity index (χ2v) is 5.22. The van der Waals surface area contributed by atoms with Gasteiger partial charge in [0.05, 0.1) is 0 Å². The van der Waals surface area contributed by atoms with E-state index in [0.29, 0.717) is 26.1 Å². The fourth-order valence-corrected chi connectivity index (χ4v) is 2.35. The summed E-state index contributed by atoms with van der Waals surface area (Å²) in [5.74, 6) is 0.0695. The second-order valence-electron chi connectivity index (χ2n) is 5.22. The third-order valence-corrected chi connectivity index (χ3v) is 3.64. The van der Waals surface area contributed by atoms with Crippen molar-refractivity contribution in [2.75, 3.05) is 13.1 Å². The Labute approximate surface area is 125 Å². The molecule has 1 aliphatic rings. The van der Waals surface area contributed by atoms with Crippen LogP contribution in [0.4, 0.5) is 4.79 Å². The van der Waals surface area contributed by atoms with Gasteiger partial charge in [0.25, 0.3) is 0 Å². The molecular weight excluding hydrogens is 268 g/mol. The van der Waals surface area contributed by atoms with E-state index in [4.69, 9.17) is 4.74 Å². The van der Waals surface area contributed by atoms with Gasteiger partial charge in [-0.2, -0.15) is 0 Å². The van der Waals surface area contributed by atoms with Crippen LogP contribution in [0.1, 0.15) is 31.7 Å². The first kappa shape index (κ1) is 15.4. The molecule has 1 aromatic carbocycles. The number of ether oxygens (including phenoxy) is 1. The van der Waals surface area contributed by atoms with E-state index in [2.05, 4.69) is 5.32 Å². The van der Waals surface area contributed by atoms with Crippen molar-refractivity contribution in [1.29, 1.82) is 0 Å². The van der Waals surface area contributed by atoms with Crippen molar-refractivity contribution >= 4 is 12.0 Å². The number of carbonyl (C=O) groups is 2. The number of piperidine rings is 1. The van der Waals surface area contributed by atoms with Gasteiger partial charge in [0.15, 0.2) is 0 Å². The summed E-state index contributed by atoms with van der Waals surface area (Å²) in [4.78, 5) is 25.0. The number of nitrogens with zero attached hydrogens (tertiary/aromatic N) is 1. The zero-order valence-corrected chi connectivity index (χ0v) is 12.4. The highest BCUT2D eigenvalue weighted by Gasteiger charge is 2.24. The minimum Gasteiger partial charge on any atom is -0.445 e. The maximum Gasteiger partial charge on any atom is 0.410 e. The summed E-state index contributed by atoms with van der Waals surface area (Å²) in [6.07, 6.45) is 1.79. The molecule has 1 saturated heterocycles. The molecule has 2 amide bonds. The molecule has 21 heavy (non-hydrogen) atoms. The van der Waals surface area contributed by atoms with Crippen LogP contribution in [0.25, 0.3) is 0 Å². The zero-order chi connectivity index (χ0) is 15.1. The normalized spacial score (nSPS) is 15.6. The van der Waals surface area contributed by atoms with Crippen molar-refractivity contribution in [3.63, 3.8) is 0 Å². The summed E-state index contributed by atoms with van der Waals surface area (Å²) in [5.41, 5.74) is 0.982. The molecule has 0 aliphatic carbocycles. The molecular formula is C16H22N2O3. The highest BCUT2D eigenvalue weighted by molar-refractivity contribution is 5.75. The quantitative estimate of drug-likeness (QED) is 0.925. The molecule has 114 valence electrons. The van der Waals surface area contributed by atoms with E-state index in [1.807, 2.05) is 37.3 Å². The Morgan fingerprint density at radius 2 is 1.90 bits per heavy atom. The first-order valence-electron chi connectivity index (χ1n) is 7.44. The van der Waals surface area contributed by atoms with E-state index in [-0.39, 0.29) is 18.0 Å². The fraction of sp³-hybridized carbons (Fsp3) is 0.500. The van der Waals surface area contributed by atoms with E-state index in [9.17, 15) is 9.59 Å². The van der Waals surface area contributed by atoms with Gasteiger partial charge in [-0.3, -0.25) is 4.79 Å². The van der Waals surface area contributed by atoms with Gasteiger partial charge in [0.1, 0.15) is 6.61 Å². The summed E-state index contributed by atoms with van der Waals surface area (Å²) in [6, 6.07) is 9.81. The highest BCUT2D eigenvalue weighted by atomic mass is 16.6. The number of carbonyl (C=O) groups excluding carboxylic acids is 2. The molecule has 0 radical (unpaired) electrons. The van der Waals surface area contributed by atoms with Gasteiger partial charge in [-0.05, 0) is 18.4 Å². The van der Waals surface area contributed by atoms with Gasteiger partial charge >= 0.3 is 6.09 Å². The van der Waals surface area contributed by atoms with E-state index < -0.39 is 0 Å². The van der Waals surface area contributed by atoms with E-state index in [1.54, 1.807) is 4.90 Å². The van der Waals surface area contributed by atoms with Crippen LogP contribution >= 0.6 is 0 Å². The third kappa shape index (κ3) is 4.77. The lowest BCUT2D eigenvalue weighted by Gasteiger charge is -2.31. The van der Waals surface area contributed by atoms with E-state index >= 15 is 0 Å². The van der Waals surface area contributed by atoms with Crippen molar-refractivity contribution in [3.05, 3.63) is 35.9 Å². The zero-order valence-electron chi connectivity index (χ0n) is 12.4. The molecule has 5 nitrogen and oxygen atoms in total. The molecule has 2 rings (SSSR count). The minimum atomic E-state index is -0.279. The Hall–Kier alpha value is -2.04. The predicted molar refractivity (Wildman–Crippen MR) is 79.7 cm³/mol. The van der Waals surface area contributed by atoms with Crippen LogP contribution in [0.2, 0.25) is 0 Å². The van der Waals surface area contributed by atoms with Crippen LogP contribution in [0.3, 0.4) is 0 Å².